The second-order valence-corrected chi connectivity index (χ2v) is 20.2. The van der Waals surface area contributed by atoms with Gasteiger partial charge in [0.25, 0.3) is 7.82 Å². The van der Waals surface area contributed by atoms with Crippen LogP contribution in [0.1, 0.15) is 191 Å². The van der Waals surface area contributed by atoms with Crippen LogP contribution < -0.4 is 4.89 Å². The number of phosphoric acid groups is 1. The number of esters is 2. The zero-order valence-electron chi connectivity index (χ0n) is 41.4. The number of furan rings is 1. The van der Waals surface area contributed by atoms with E-state index in [-0.39, 0.29) is 38.3 Å². The van der Waals surface area contributed by atoms with Crippen LogP contribution in [0.3, 0.4) is 0 Å². The number of quaternary nitrogens is 1. The fourth-order valence-electron chi connectivity index (χ4n) is 7.40. The molecule has 0 spiro atoms. The Morgan fingerprint density at radius 1 is 0.656 bits per heavy atom. The highest BCUT2D eigenvalue weighted by molar-refractivity contribution is 7.45. The first-order chi connectivity index (χ1) is 30.7. The highest BCUT2D eigenvalue weighted by atomic mass is 31.2. The normalized spacial score (nSPS) is 16.9. The monoisotopic (exact) mass is 920 g/mol. The zero-order chi connectivity index (χ0) is 46.9. The highest BCUT2D eigenvalue weighted by Crippen LogP contribution is 2.38. The standard InChI is InChI=1S/C52H90NO10P/c1-8-10-12-13-14-17-21-24-30-36-49-50(63-49)37-31-26-27-33-39-52(55)61-46(43-60-64(56,57)59-41-40-53(5,6)7)42-58-51(54)38-32-25-22-19-16-15-18-20-23-29-35-48-45(4)44(3)47(62-48)34-28-11-9-2/h14,17,24,26,30-31,46,49-50H,8-13,15-16,18-23,25,27-29,32-43H2,1-7H3/b17-14-,30-24-,31-26-/t46-,49?,50?/m1/s1. The van der Waals surface area contributed by atoms with Crippen LogP contribution in [0.5, 0.6) is 0 Å². The highest BCUT2D eigenvalue weighted by Gasteiger charge is 2.36. The minimum atomic E-state index is -4.66. The average molecular weight is 920 g/mol. The van der Waals surface area contributed by atoms with Crippen LogP contribution >= 0.6 is 7.82 Å². The van der Waals surface area contributed by atoms with Gasteiger partial charge >= 0.3 is 11.9 Å². The molecule has 12 heteroatoms. The van der Waals surface area contributed by atoms with Gasteiger partial charge in [0, 0.05) is 25.7 Å². The third kappa shape index (κ3) is 29.9. The number of carbonyl (C=O) groups is 2. The predicted molar refractivity (Wildman–Crippen MR) is 257 cm³/mol. The summed E-state index contributed by atoms with van der Waals surface area (Å²) in [5.74, 6) is 1.45. The SMILES string of the molecule is CCCCC/C=C\C/C=C\CC1OC1C/C=C\CCCC(=O)O[C@H](COC(=O)CCCCCCCCCCCCc1oc(CCCCC)c(C)c1C)COP(=O)([O-])OCC[N+](C)(C)C. The number of carbonyl (C=O) groups excluding carboxylic acids is 2. The molecule has 0 bridgehead atoms. The van der Waals surface area contributed by atoms with Crippen LogP contribution in [0.2, 0.25) is 0 Å². The summed E-state index contributed by atoms with van der Waals surface area (Å²) >= 11 is 0. The number of hydrogen-bond acceptors (Lipinski definition) is 10. The largest absolute Gasteiger partial charge is 0.756 e. The maximum atomic E-state index is 12.8. The predicted octanol–water partition coefficient (Wildman–Crippen LogP) is 12.5. The molecule has 368 valence electrons. The van der Waals surface area contributed by atoms with Gasteiger partial charge in [-0.2, -0.15) is 0 Å². The number of phosphoric ester groups is 1. The summed E-state index contributed by atoms with van der Waals surface area (Å²) in [6, 6.07) is 0. The van der Waals surface area contributed by atoms with Gasteiger partial charge in [-0.1, -0.05) is 127 Å². The average Bonchev–Trinajstić information content (AvgIpc) is 3.95. The van der Waals surface area contributed by atoms with Gasteiger partial charge in [-0.05, 0) is 89.2 Å². The van der Waals surface area contributed by atoms with E-state index in [2.05, 4.69) is 58.1 Å². The molecule has 1 aliphatic heterocycles. The van der Waals surface area contributed by atoms with E-state index in [0.29, 0.717) is 30.3 Å². The van der Waals surface area contributed by atoms with Gasteiger partial charge in [0.1, 0.15) is 31.3 Å². The number of hydrogen-bond donors (Lipinski definition) is 0. The molecule has 11 nitrogen and oxygen atoms in total. The molecule has 1 fully saturated rings. The van der Waals surface area contributed by atoms with Gasteiger partial charge < -0.3 is 37.1 Å². The molecule has 1 aliphatic rings. The van der Waals surface area contributed by atoms with Gasteiger partial charge in [0.15, 0.2) is 6.10 Å². The summed E-state index contributed by atoms with van der Waals surface area (Å²) in [7, 11) is 1.10. The van der Waals surface area contributed by atoms with Crippen LogP contribution in [0, 0.1) is 13.8 Å². The molecule has 0 aliphatic carbocycles. The number of ether oxygens (including phenoxy) is 3. The van der Waals surface area contributed by atoms with Crippen LogP contribution in [-0.2, 0) is 50.3 Å². The van der Waals surface area contributed by atoms with E-state index in [9.17, 15) is 19.0 Å². The van der Waals surface area contributed by atoms with Gasteiger partial charge in [-0.15, -0.1) is 0 Å². The molecule has 3 unspecified atom stereocenters. The first kappa shape index (κ1) is 57.6. The summed E-state index contributed by atoms with van der Waals surface area (Å²) in [5, 5.41) is 0. The minimum absolute atomic E-state index is 0.0500. The third-order valence-corrected chi connectivity index (χ3v) is 12.7. The van der Waals surface area contributed by atoms with Crippen molar-refractivity contribution in [1.82, 2.24) is 0 Å². The van der Waals surface area contributed by atoms with Gasteiger partial charge in [0.2, 0.25) is 0 Å². The number of allylic oxidation sites excluding steroid dienone is 4. The molecule has 64 heavy (non-hydrogen) atoms. The molecule has 2 rings (SSSR count). The van der Waals surface area contributed by atoms with Crippen molar-refractivity contribution in [2.45, 2.75) is 213 Å². The quantitative estimate of drug-likeness (QED) is 0.0156. The van der Waals surface area contributed by atoms with E-state index >= 15 is 0 Å². The molecule has 0 saturated carbocycles. The van der Waals surface area contributed by atoms with E-state index in [0.717, 1.165) is 57.8 Å². The Labute approximate surface area is 389 Å². The van der Waals surface area contributed by atoms with Gasteiger partial charge in [-0.3, -0.25) is 14.2 Å². The van der Waals surface area contributed by atoms with Crippen molar-refractivity contribution in [3.63, 3.8) is 0 Å². The molecular weight excluding hydrogens is 830 g/mol. The van der Waals surface area contributed by atoms with Crippen molar-refractivity contribution >= 4 is 19.8 Å². The molecular formula is C52H90NO10P. The van der Waals surface area contributed by atoms with E-state index in [4.69, 9.17) is 27.7 Å². The number of epoxide rings is 1. The van der Waals surface area contributed by atoms with Crippen LogP contribution in [-0.4, -0.2) is 82.2 Å². The smallest absolute Gasteiger partial charge is 0.306 e. The van der Waals surface area contributed by atoms with E-state index in [1.165, 1.54) is 99.7 Å². The maximum absolute atomic E-state index is 12.8. The fourth-order valence-corrected chi connectivity index (χ4v) is 8.13. The first-order valence-electron chi connectivity index (χ1n) is 25.2. The summed E-state index contributed by atoms with van der Waals surface area (Å²) in [4.78, 5) is 37.8. The van der Waals surface area contributed by atoms with Crippen molar-refractivity contribution < 1.29 is 51.2 Å². The van der Waals surface area contributed by atoms with E-state index in [1.54, 1.807) is 0 Å². The Morgan fingerprint density at radius 2 is 1.17 bits per heavy atom. The molecule has 2 heterocycles. The lowest BCUT2D eigenvalue weighted by molar-refractivity contribution is -0.870. The van der Waals surface area contributed by atoms with Crippen LogP contribution in [0.25, 0.3) is 0 Å². The van der Waals surface area contributed by atoms with Crippen molar-refractivity contribution in [2.75, 3.05) is 47.5 Å². The number of rotatable bonds is 41. The van der Waals surface area contributed by atoms with Crippen molar-refractivity contribution in [3.8, 4) is 0 Å². The van der Waals surface area contributed by atoms with Gasteiger partial charge in [0.05, 0.1) is 40.0 Å². The summed E-state index contributed by atoms with van der Waals surface area (Å²) in [6.45, 7) is 8.47. The lowest BCUT2D eigenvalue weighted by Crippen LogP contribution is -2.37. The Morgan fingerprint density at radius 3 is 1.80 bits per heavy atom. The Bertz CT molecular complexity index is 1530. The first-order valence-corrected chi connectivity index (χ1v) is 26.6. The van der Waals surface area contributed by atoms with E-state index < -0.39 is 32.5 Å². The molecule has 0 aromatic carbocycles. The Balaban J connectivity index is 1.61. The third-order valence-electron chi connectivity index (χ3n) is 11.8. The van der Waals surface area contributed by atoms with Crippen molar-refractivity contribution in [3.05, 3.63) is 59.1 Å². The zero-order valence-corrected chi connectivity index (χ0v) is 42.3. The fraction of sp³-hybridized carbons (Fsp3) is 0.769. The summed E-state index contributed by atoms with van der Waals surface area (Å²) in [6.07, 6.45) is 38.7. The summed E-state index contributed by atoms with van der Waals surface area (Å²) < 4.78 is 46.1. The summed E-state index contributed by atoms with van der Waals surface area (Å²) in [5.41, 5.74) is 2.69. The lowest BCUT2D eigenvalue weighted by Gasteiger charge is -2.28. The minimum Gasteiger partial charge on any atom is -0.756 e. The number of aryl methyl sites for hydroxylation is 2. The number of likely N-dealkylation sites (N-methyl/N-ethyl adjacent to an activating group) is 1. The maximum Gasteiger partial charge on any atom is 0.306 e. The molecule has 0 N–H and O–H groups in total. The Kier molecular flexibility index (Phi) is 31.3. The van der Waals surface area contributed by atoms with Crippen molar-refractivity contribution in [1.29, 1.82) is 0 Å². The van der Waals surface area contributed by atoms with Crippen LogP contribution in [0.4, 0.5) is 0 Å². The molecule has 0 amide bonds. The molecule has 1 saturated heterocycles. The molecule has 4 atom stereocenters. The topological polar surface area (TPSA) is 137 Å². The van der Waals surface area contributed by atoms with Crippen molar-refractivity contribution in [2.24, 2.45) is 0 Å². The lowest BCUT2D eigenvalue weighted by atomic mass is 10.0. The van der Waals surface area contributed by atoms with E-state index in [1.807, 2.05) is 27.2 Å². The number of unbranched alkanes of at least 4 members (excludes halogenated alkanes) is 15. The molecule has 0 radical (unpaired) electrons. The molecule has 1 aromatic heterocycles. The Hall–Kier alpha value is -2.53. The second kappa shape index (κ2) is 34.7. The second-order valence-electron chi connectivity index (χ2n) is 18.8. The van der Waals surface area contributed by atoms with Gasteiger partial charge in [-0.25, -0.2) is 0 Å². The molecule has 1 aromatic rings. The number of nitrogens with zero attached hydrogens (tertiary/aromatic N) is 1. The van der Waals surface area contributed by atoms with Crippen LogP contribution in [0.15, 0.2) is 40.9 Å².